The predicted molar refractivity (Wildman–Crippen MR) is 134 cm³/mol. The molecular formula is C28H35NO6. The van der Waals surface area contributed by atoms with Gasteiger partial charge in [-0.2, -0.15) is 0 Å². The van der Waals surface area contributed by atoms with Gasteiger partial charge in [-0.25, -0.2) is 0 Å². The number of hydrogen-bond donors (Lipinski definition) is 1. The molecule has 2 aromatic rings. The van der Waals surface area contributed by atoms with Gasteiger partial charge in [0.15, 0.2) is 11.5 Å². The van der Waals surface area contributed by atoms with Crippen molar-refractivity contribution < 1.29 is 28.8 Å². The van der Waals surface area contributed by atoms with Crippen LogP contribution in [0.1, 0.15) is 49.3 Å². The first-order valence-corrected chi connectivity index (χ1v) is 12.1. The molecule has 0 aromatic heterocycles. The average molecular weight is 482 g/mol. The molecule has 2 aliphatic rings. The standard InChI is InChI=1S/C28H35NO6/c1-32-22-11-6-5-9-20(22)26-21-10-7-8-14-28(21,31)15-16-29(26)25(30)13-12-19-17-23(33-2)27(35-4)24(18-19)34-3/h5-6,9,11-13,17-18,21,26,31H,7-8,10,14-16H2,1-4H3/b13-12+/t21-,26+,28-/m1/s1. The third-order valence-electron chi connectivity index (χ3n) is 7.41. The number of para-hydroxylation sites is 1. The van der Waals surface area contributed by atoms with E-state index in [0.717, 1.165) is 42.6 Å². The highest BCUT2D eigenvalue weighted by molar-refractivity contribution is 5.92. The molecule has 35 heavy (non-hydrogen) atoms. The maximum Gasteiger partial charge on any atom is 0.247 e. The third kappa shape index (κ3) is 4.82. The number of piperidine rings is 1. The minimum atomic E-state index is -0.763. The number of rotatable bonds is 7. The number of benzene rings is 2. The quantitative estimate of drug-likeness (QED) is 0.581. The van der Waals surface area contributed by atoms with Crippen LogP contribution in [0.2, 0.25) is 0 Å². The maximum absolute atomic E-state index is 13.6. The molecule has 2 aromatic carbocycles. The van der Waals surface area contributed by atoms with Crippen LogP contribution in [0.15, 0.2) is 42.5 Å². The molecule has 2 fully saturated rings. The van der Waals surface area contributed by atoms with Crippen molar-refractivity contribution in [1.82, 2.24) is 4.90 Å². The van der Waals surface area contributed by atoms with E-state index in [4.69, 9.17) is 18.9 Å². The minimum Gasteiger partial charge on any atom is -0.496 e. The largest absolute Gasteiger partial charge is 0.496 e. The second-order valence-electron chi connectivity index (χ2n) is 9.22. The van der Waals surface area contributed by atoms with Gasteiger partial charge in [-0.15, -0.1) is 0 Å². The fourth-order valence-electron chi connectivity index (χ4n) is 5.69. The molecule has 0 unspecified atom stereocenters. The summed E-state index contributed by atoms with van der Waals surface area (Å²) in [6.07, 6.45) is 7.62. The molecule has 1 aliphatic heterocycles. The van der Waals surface area contributed by atoms with Crippen molar-refractivity contribution in [2.24, 2.45) is 5.92 Å². The van der Waals surface area contributed by atoms with Gasteiger partial charge in [-0.05, 0) is 49.1 Å². The van der Waals surface area contributed by atoms with Crippen LogP contribution < -0.4 is 18.9 Å². The number of ether oxygens (including phenoxy) is 4. The van der Waals surface area contributed by atoms with E-state index in [1.165, 1.54) is 0 Å². The van der Waals surface area contributed by atoms with E-state index in [2.05, 4.69) is 0 Å². The van der Waals surface area contributed by atoms with E-state index >= 15 is 0 Å². The number of likely N-dealkylation sites (tertiary alicyclic amines) is 1. The summed E-state index contributed by atoms with van der Waals surface area (Å²) in [5, 5.41) is 11.5. The second kappa shape index (κ2) is 10.6. The molecule has 1 N–H and O–H groups in total. The smallest absolute Gasteiger partial charge is 0.247 e. The van der Waals surface area contributed by atoms with Crippen LogP contribution in [0.4, 0.5) is 0 Å². The van der Waals surface area contributed by atoms with Gasteiger partial charge < -0.3 is 29.0 Å². The van der Waals surface area contributed by atoms with Crippen molar-refractivity contribution in [3.8, 4) is 23.0 Å². The molecule has 1 aliphatic carbocycles. The molecule has 7 heteroatoms. The van der Waals surface area contributed by atoms with E-state index in [1.54, 1.807) is 52.7 Å². The van der Waals surface area contributed by atoms with Gasteiger partial charge in [0.25, 0.3) is 0 Å². The van der Waals surface area contributed by atoms with Crippen molar-refractivity contribution >= 4 is 12.0 Å². The Morgan fingerprint density at radius 1 is 0.971 bits per heavy atom. The molecule has 4 rings (SSSR count). The Morgan fingerprint density at radius 2 is 1.66 bits per heavy atom. The average Bonchev–Trinajstić information content (AvgIpc) is 2.89. The lowest BCUT2D eigenvalue weighted by Gasteiger charge is -2.52. The van der Waals surface area contributed by atoms with Crippen molar-refractivity contribution in [3.63, 3.8) is 0 Å². The lowest BCUT2D eigenvalue weighted by molar-refractivity contribution is -0.151. The normalized spacial score (nSPS) is 24.1. The van der Waals surface area contributed by atoms with Crippen LogP contribution in [0.3, 0.4) is 0 Å². The van der Waals surface area contributed by atoms with Crippen LogP contribution in [0.25, 0.3) is 6.08 Å². The summed E-state index contributed by atoms with van der Waals surface area (Å²) in [4.78, 5) is 15.5. The van der Waals surface area contributed by atoms with Gasteiger partial charge in [0, 0.05) is 24.1 Å². The van der Waals surface area contributed by atoms with Gasteiger partial charge in [0.05, 0.1) is 40.1 Å². The van der Waals surface area contributed by atoms with Gasteiger partial charge in [0.2, 0.25) is 11.7 Å². The lowest BCUT2D eigenvalue weighted by Crippen LogP contribution is -2.56. The maximum atomic E-state index is 13.6. The first kappa shape index (κ1) is 24.9. The summed E-state index contributed by atoms with van der Waals surface area (Å²) >= 11 is 0. The van der Waals surface area contributed by atoms with Crippen LogP contribution >= 0.6 is 0 Å². The van der Waals surface area contributed by atoms with Gasteiger partial charge in [-0.1, -0.05) is 31.0 Å². The van der Waals surface area contributed by atoms with Gasteiger partial charge in [0.1, 0.15) is 5.75 Å². The molecule has 188 valence electrons. The molecule has 1 saturated heterocycles. The predicted octanol–water partition coefficient (Wildman–Crippen LogP) is 4.63. The number of methoxy groups -OCH3 is 4. The number of aliphatic hydroxyl groups is 1. The summed E-state index contributed by atoms with van der Waals surface area (Å²) in [7, 11) is 6.32. The van der Waals surface area contributed by atoms with Crippen molar-refractivity contribution in [3.05, 3.63) is 53.6 Å². The SMILES string of the molecule is COc1ccccc1[C@H]1[C@H]2CCCC[C@@]2(O)CCN1C(=O)/C=C/c1cc(OC)c(OC)c(OC)c1. The Hall–Kier alpha value is -3.19. The molecule has 0 radical (unpaired) electrons. The van der Waals surface area contributed by atoms with Gasteiger partial charge >= 0.3 is 0 Å². The second-order valence-corrected chi connectivity index (χ2v) is 9.22. The third-order valence-corrected chi connectivity index (χ3v) is 7.41. The summed E-state index contributed by atoms with van der Waals surface area (Å²) in [6, 6.07) is 11.2. The molecule has 3 atom stereocenters. The van der Waals surface area contributed by atoms with Crippen LogP contribution in [-0.2, 0) is 4.79 Å². The number of fused-ring (bicyclic) bond motifs is 1. The molecular weight excluding hydrogens is 446 g/mol. The zero-order chi connectivity index (χ0) is 25.0. The van der Waals surface area contributed by atoms with E-state index in [-0.39, 0.29) is 17.9 Å². The van der Waals surface area contributed by atoms with E-state index < -0.39 is 5.60 Å². The first-order chi connectivity index (χ1) is 17.0. The number of nitrogens with zero attached hydrogens (tertiary/aromatic N) is 1. The topological polar surface area (TPSA) is 77.5 Å². The van der Waals surface area contributed by atoms with Crippen LogP contribution in [-0.4, -0.2) is 56.5 Å². The zero-order valence-electron chi connectivity index (χ0n) is 21.0. The van der Waals surface area contributed by atoms with E-state index in [0.29, 0.717) is 30.2 Å². The number of carbonyl (C=O) groups is 1. The van der Waals surface area contributed by atoms with Crippen LogP contribution in [0, 0.1) is 5.92 Å². The lowest BCUT2D eigenvalue weighted by atomic mass is 9.66. The van der Waals surface area contributed by atoms with Crippen LogP contribution in [0.5, 0.6) is 23.0 Å². The molecule has 1 amide bonds. The molecule has 0 spiro atoms. The van der Waals surface area contributed by atoms with Gasteiger partial charge in [-0.3, -0.25) is 4.79 Å². The molecule has 1 heterocycles. The molecule has 1 saturated carbocycles. The zero-order valence-corrected chi connectivity index (χ0v) is 21.0. The summed E-state index contributed by atoms with van der Waals surface area (Å²) in [5.41, 5.74) is 0.934. The Morgan fingerprint density at radius 3 is 2.31 bits per heavy atom. The highest BCUT2D eigenvalue weighted by Crippen LogP contribution is 2.51. The van der Waals surface area contributed by atoms with Crippen molar-refractivity contribution in [2.75, 3.05) is 35.0 Å². The monoisotopic (exact) mass is 481 g/mol. The fourth-order valence-corrected chi connectivity index (χ4v) is 5.69. The number of hydrogen-bond acceptors (Lipinski definition) is 6. The summed E-state index contributed by atoms with van der Waals surface area (Å²) < 4.78 is 21.9. The summed E-state index contributed by atoms with van der Waals surface area (Å²) in [6.45, 7) is 0.480. The van der Waals surface area contributed by atoms with E-state index in [1.807, 2.05) is 29.2 Å². The highest BCUT2D eigenvalue weighted by Gasteiger charge is 2.50. The minimum absolute atomic E-state index is 0.0418. The first-order valence-electron chi connectivity index (χ1n) is 12.1. The molecule has 7 nitrogen and oxygen atoms in total. The Labute approximate surface area is 207 Å². The fraction of sp³-hybridized carbons (Fsp3) is 0.464. The van der Waals surface area contributed by atoms with E-state index in [9.17, 15) is 9.90 Å². The highest BCUT2D eigenvalue weighted by atomic mass is 16.5. The Kier molecular flexibility index (Phi) is 7.55. The molecule has 0 bridgehead atoms. The number of amides is 1. The Bertz CT molecular complexity index is 1060. The Balaban J connectivity index is 1.68. The van der Waals surface area contributed by atoms with Crippen molar-refractivity contribution in [2.45, 2.75) is 43.7 Å². The summed E-state index contributed by atoms with van der Waals surface area (Å²) in [5.74, 6) is 2.13. The van der Waals surface area contributed by atoms with Crippen molar-refractivity contribution in [1.29, 1.82) is 0 Å². The number of carbonyl (C=O) groups excluding carboxylic acids is 1.